The molecule has 0 radical (unpaired) electrons. The van der Waals surface area contributed by atoms with Crippen LogP contribution in [0.3, 0.4) is 0 Å². The summed E-state index contributed by atoms with van der Waals surface area (Å²) in [6.07, 6.45) is 1.61. The van der Waals surface area contributed by atoms with Gasteiger partial charge in [0, 0.05) is 18.1 Å². The van der Waals surface area contributed by atoms with Gasteiger partial charge in [0.1, 0.15) is 23.3 Å². The summed E-state index contributed by atoms with van der Waals surface area (Å²) >= 11 is 17.3. The number of halogens is 2. The zero-order valence-electron chi connectivity index (χ0n) is 16.4. The van der Waals surface area contributed by atoms with Gasteiger partial charge in [-0.25, -0.2) is 4.79 Å². The number of carbonyl (C=O) groups excluding carboxylic acids is 1. The molecule has 0 aliphatic carbocycles. The molecule has 32 heavy (non-hydrogen) atoms. The van der Waals surface area contributed by atoms with Crippen LogP contribution in [-0.2, 0) is 16.0 Å². The number of aliphatic carboxylic acids is 1. The maximum absolute atomic E-state index is 13.0. The summed E-state index contributed by atoms with van der Waals surface area (Å²) < 4.78 is 5.80. The molecule has 4 rings (SSSR count). The fourth-order valence-electron chi connectivity index (χ4n) is 3.34. The van der Waals surface area contributed by atoms with E-state index in [1.807, 2.05) is 18.2 Å². The molecule has 3 aromatic rings. The fraction of sp³-hybridized carbons (Fsp3) is 0.0870. The Bertz CT molecular complexity index is 1240. The van der Waals surface area contributed by atoms with Gasteiger partial charge in [-0.05, 0) is 48.1 Å². The Hall–Kier alpha value is -3.13. The predicted octanol–water partition coefficient (Wildman–Crippen LogP) is 5.01. The average molecular weight is 487 g/mol. The van der Waals surface area contributed by atoms with E-state index in [0.29, 0.717) is 21.6 Å². The highest BCUT2D eigenvalue weighted by Crippen LogP contribution is 2.30. The molecule has 0 saturated carbocycles. The first-order valence-corrected chi connectivity index (χ1v) is 10.7. The normalized spacial score (nSPS) is 15.8. The summed E-state index contributed by atoms with van der Waals surface area (Å²) in [5.74, 6) is -0.757. The smallest absolute Gasteiger partial charge is 0.327 e. The Morgan fingerprint density at radius 2 is 1.88 bits per heavy atom. The van der Waals surface area contributed by atoms with Crippen molar-refractivity contribution in [3.63, 3.8) is 0 Å². The molecule has 2 aromatic carbocycles. The summed E-state index contributed by atoms with van der Waals surface area (Å²) in [6, 6.07) is 16.4. The van der Waals surface area contributed by atoms with Crippen LogP contribution in [0.2, 0.25) is 10.0 Å². The zero-order valence-corrected chi connectivity index (χ0v) is 18.7. The lowest BCUT2D eigenvalue weighted by Gasteiger charge is -2.22. The third-order valence-corrected chi connectivity index (χ3v) is 5.93. The lowest BCUT2D eigenvalue weighted by atomic mass is 10.0. The van der Waals surface area contributed by atoms with Gasteiger partial charge in [-0.3, -0.25) is 9.69 Å². The van der Waals surface area contributed by atoms with E-state index in [-0.39, 0.29) is 17.2 Å². The number of benzene rings is 2. The van der Waals surface area contributed by atoms with Crippen molar-refractivity contribution in [1.82, 2.24) is 10.2 Å². The van der Waals surface area contributed by atoms with E-state index in [9.17, 15) is 14.7 Å². The Balaban J connectivity index is 1.57. The minimum Gasteiger partial charge on any atom is -0.480 e. The number of thiocarbonyl (C=S) groups is 1. The van der Waals surface area contributed by atoms with Crippen LogP contribution in [0.4, 0.5) is 0 Å². The molecule has 0 unspecified atom stereocenters. The minimum absolute atomic E-state index is 0.0286. The molecule has 9 heteroatoms. The number of carboxylic acids is 1. The molecular formula is C23H16Cl2N2O4S. The summed E-state index contributed by atoms with van der Waals surface area (Å²) in [6.45, 7) is 0. The van der Waals surface area contributed by atoms with Gasteiger partial charge >= 0.3 is 5.97 Å². The lowest BCUT2D eigenvalue weighted by molar-refractivity contribution is -0.145. The highest BCUT2D eigenvalue weighted by atomic mass is 35.5. The van der Waals surface area contributed by atoms with Crippen molar-refractivity contribution in [2.45, 2.75) is 12.5 Å². The first-order chi connectivity index (χ1) is 15.3. The minimum atomic E-state index is -1.15. The maximum Gasteiger partial charge on any atom is 0.327 e. The molecule has 0 bridgehead atoms. The number of hydrogen-bond donors (Lipinski definition) is 2. The molecule has 1 aromatic heterocycles. The number of carboxylic acid groups (broad SMARTS) is 1. The van der Waals surface area contributed by atoms with Crippen molar-refractivity contribution < 1.29 is 19.1 Å². The number of furan rings is 1. The summed E-state index contributed by atoms with van der Waals surface area (Å²) in [4.78, 5) is 26.0. The summed E-state index contributed by atoms with van der Waals surface area (Å²) in [7, 11) is 0. The summed E-state index contributed by atoms with van der Waals surface area (Å²) in [5, 5.41) is 13.4. The third-order valence-electron chi connectivity index (χ3n) is 4.90. The quantitative estimate of drug-likeness (QED) is 0.376. The molecule has 0 spiro atoms. The van der Waals surface area contributed by atoms with Gasteiger partial charge in [0.05, 0.1) is 10.0 Å². The number of rotatable bonds is 6. The number of carbonyl (C=O) groups is 2. The van der Waals surface area contributed by atoms with Gasteiger partial charge < -0.3 is 14.8 Å². The van der Waals surface area contributed by atoms with Crippen LogP contribution >= 0.6 is 35.4 Å². The van der Waals surface area contributed by atoms with Crippen LogP contribution in [0.15, 0.2) is 70.8 Å². The second-order valence-electron chi connectivity index (χ2n) is 7.04. The molecule has 1 aliphatic rings. The van der Waals surface area contributed by atoms with Crippen LogP contribution in [0.1, 0.15) is 11.3 Å². The molecule has 162 valence electrons. The average Bonchev–Trinajstić information content (AvgIpc) is 3.34. The first kappa shape index (κ1) is 22.1. The number of amides is 1. The molecule has 1 atom stereocenters. The van der Waals surface area contributed by atoms with E-state index < -0.39 is 17.9 Å². The predicted molar refractivity (Wildman–Crippen MR) is 126 cm³/mol. The van der Waals surface area contributed by atoms with Gasteiger partial charge in [0.2, 0.25) is 0 Å². The van der Waals surface area contributed by atoms with Crippen LogP contribution in [0.25, 0.3) is 17.4 Å². The molecule has 2 heterocycles. The topological polar surface area (TPSA) is 82.8 Å². The van der Waals surface area contributed by atoms with Crippen LogP contribution in [0, 0.1) is 0 Å². The van der Waals surface area contributed by atoms with Crippen molar-refractivity contribution in [1.29, 1.82) is 0 Å². The van der Waals surface area contributed by atoms with Crippen LogP contribution in [-0.4, -0.2) is 33.0 Å². The van der Waals surface area contributed by atoms with Crippen molar-refractivity contribution >= 4 is 58.5 Å². The van der Waals surface area contributed by atoms with Crippen molar-refractivity contribution in [2.75, 3.05) is 0 Å². The second kappa shape index (κ2) is 9.16. The fourth-order valence-corrected chi connectivity index (χ4v) is 3.95. The van der Waals surface area contributed by atoms with Gasteiger partial charge in [-0.2, -0.15) is 0 Å². The Labute approximate surface area is 199 Å². The zero-order chi connectivity index (χ0) is 22.8. The monoisotopic (exact) mass is 486 g/mol. The largest absolute Gasteiger partial charge is 0.480 e. The molecule has 2 N–H and O–H groups in total. The molecule has 6 nitrogen and oxygen atoms in total. The molecule has 1 aliphatic heterocycles. The Kier molecular flexibility index (Phi) is 6.32. The SMILES string of the molecule is O=C(O)[C@H](Cc1ccccc1)N1C(=O)/C(=C\c2ccc(-c3ccc(Cl)c(Cl)c3)o2)NC1=S. The standard InChI is InChI=1S/C23H16Cl2N2O4S/c24-16-8-6-14(11-17(16)25)20-9-7-15(31-20)12-18-21(28)27(23(32)26-18)19(22(29)30)10-13-4-2-1-3-5-13/h1-9,11-12,19H,10H2,(H,26,32)(H,29,30)/b18-12+/t19-/m0/s1. The van der Waals surface area contributed by atoms with E-state index in [4.69, 9.17) is 39.8 Å². The van der Waals surface area contributed by atoms with E-state index in [2.05, 4.69) is 5.32 Å². The van der Waals surface area contributed by atoms with Crippen molar-refractivity contribution in [2.24, 2.45) is 0 Å². The Morgan fingerprint density at radius 3 is 2.56 bits per heavy atom. The Morgan fingerprint density at radius 1 is 1.12 bits per heavy atom. The molecule has 1 saturated heterocycles. The second-order valence-corrected chi connectivity index (χ2v) is 8.24. The molecular weight excluding hydrogens is 471 g/mol. The van der Waals surface area contributed by atoms with Gasteiger partial charge in [-0.15, -0.1) is 0 Å². The van der Waals surface area contributed by atoms with Crippen molar-refractivity contribution in [3.8, 4) is 11.3 Å². The summed E-state index contributed by atoms with van der Waals surface area (Å²) in [5.41, 5.74) is 1.63. The van der Waals surface area contributed by atoms with Crippen LogP contribution in [0.5, 0.6) is 0 Å². The third kappa shape index (κ3) is 4.55. The van der Waals surface area contributed by atoms with Gasteiger partial charge in [-0.1, -0.05) is 53.5 Å². The lowest BCUT2D eigenvalue weighted by Crippen LogP contribution is -2.46. The number of nitrogens with one attached hydrogen (secondary N) is 1. The maximum atomic E-state index is 13.0. The molecule has 1 fully saturated rings. The molecule has 1 amide bonds. The van der Waals surface area contributed by atoms with E-state index in [1.165, 1.54) is 6.08 Å². The first-order valence-electron chi connectivity index (χ1n) is 9.51. The highest BCUT2D eigenvalue weighted by molar-refractivity contribution is 7.80. The van der Waals surface area contributed by atoms with E-state index in [1.54, 1.807) is 42.5 Å². The van der Waals surface area contributed by atoms with E-state index in [0.717, 1.165) is 16.0 Å². The highest BCUT2D eigenvalue weighted by Gasteiger charge is 2.39. The number of nitrogens with zero attached hydrogens (tertiary/aromatic N) is 1. The van der Waals surface area contributed by atoms with Gasteiger partial charge in [0.25, 0.3) is 5.91 Å². The number of hydrogen-bond acceptors (Lipinski definition) is 4. The van der Waals surface area contributed by atoms with Gasteiger partial charge in [0.15, 0.2) is 5.11 Å². The van der Waals surface area contributed by atoms with Crippen molar-refractivity contribution in [3.05, 3.63) is 87.7 Å². The van der Waals surface area contributed by atoms with E-state index >= 15 is 0 Å². The van der Waals surface area contributed by atoms with Crippen LogP contribution < -0.4 is 5.32 Å².